The fourth-order valence-electron chi connectivity index (χ4n) is 1.02. The van der Waals surface area contributed by atoms with Gasteiger partial charge >= 0.3 is 0 Å². The van der Waals surface area contributed by atoms with E-state index in [1.807, 2.05) is 24.3 Å². The minimum atomic E-state index is 0. The molecule has 2 nitrogen and oxygen atoms in total. The van der Waals surface area contributed by atoms with Crippen LogP contribution in [-0.4, -0.2) is 12.3 Å². The Hall–Kier alpha value is -0.690. The summed E-state index contributed by atoms with van der Waals surface area (Å²) in [6, 6.07) is 9.85. The molecule has 0 spiro atoms. The van der Waals surface area contributed by atoms with Crippen molar-refractivity contribution >= 4 is 24.2 Å². The maximum Gasteiger partial charge on any atom is 0.0994 e. The Morgan fingerprint density at radius 1 is 1.36 bits per heavy atom. The molecule has 0 bridgehead atoms. The Labute approximate surface area is 94.9 Å². The Kier molecular flexibility index (Phi) is 7.31. The number of rotatable bonds is 4. The van der Waals surface area contributed by atoms with Gasteiger partial charge in [-0.25, -0.2) is 0 Å². The van der Waals surface area contributed by atoms with Crippen molar-refractivity contribution in [2.45, 2.75) is 5.75 Å². The van der Waals surface area contributed by atoms with Crippen LogP contribution >= 0.6 is 24.2 Å². The second-order valence-electron chi connectivity index (χ2n) is 2.61. The van der Waals surface area contributed by atoms with E-state index in [1.165, 1.54) is 0 Å². The number of benzene rings is 1. The van der Waals surface area contributed by atoms with Crippen LogP contribution < -0.4 is 5.73 Å². The van der Waals surface area contributed by atoms with Crippen molar-refractivity contribution in [3.05, 3.63) is 35.4 Å². The van der Waals surface area contributed by atoms with Crippen LogP contribution in [0.5, 0.6) is 0 Å². The second kappa shape index (κ2) is 7.69. The summed E-state index contributed by atoms with van der Waals surface area (Å²) in [6.45, 7) is 0.694. The molecule has 76 valence electrons. The number of nitriles is 1. The SMILES string of the molecule is Cl.N#Cc1ccccc1CSCCN. The van der Waals surface area contributed by atoms with E-state index in [1.54, 1.807) is 11.8 Å². The van der Waals surface area contributed by atoms with Gasteiger partial charge in [0.2, 0.25) is 0 Å². The molecule has 4 heteroatoms. The molecule has 14 heavy (non-hydrogen) atoms. The van der Waals surface area contributed by atoms with Gasteiger partial charge < -0.3 is 5.73 Å². The lowest BCUT2D eigenvalue weighted by Gasteiger charge is -2.01. The summed E-state index contributed by atoms with van der Waals surface area (Å²) in [6.07, 6.45) is 0. The van der Waals surface area contributed by atoms with E-state index in [0.29, 0.717) is 6.54 Å². The number of hydrogen-bond donors (Lipinski definition) is 1. The summed E-state index contributed by atoms with van der Waals surface area (Å²) in [7, 11) is 0. The van der Waals surface area contributed by atoms with Gasteiger partial charge in [0.25, 0.3) is 0 Å². The number of thioether (sulfide) groups is 1. The van der Waals surface area contributed by atoms with Crippen LogP contribution in [0.2, 0.25) is 0 Å². The maximum absolute atomic E-state index is 8.79. The first-order valence-corrected chi connectivity index (χ1v) is 5.29. The zero-order valence-corrected chi connectivity index (χ0v) is 9.40. The van der Waals surface area contributed by atoms with Crippen LogP contribution in [0.25, 0.3) is 0 Å². The molecule has 0 aliphatic heterocycles. The second-order valence-corrected chi connectivity index (χ2v) is 3.72. The largest absolute Gasteiger partial charge is 0.330 e. The third-order valence-corrected chi connectivity index (χ3v) is 2.70. The zero-order chi connectivity index (χ0) is 9.52. The summed E-state index contributed by atoms with van der Waals surface area (Å²) in [5, 5.41) is 8.79. The number of nitrogens with zero attached hydrogens (tertiary/aromatic N) is 1. The maximum atomic E-state index is 8.79. The molecule has 0 fully saturated rings. The topological polar surface area (TPSA) is 49.8 Å². The van der Waals surface area contributed by atoms with Gasteiger partial charge in [0.1, 0.15) is 0 Å². The van der Waals surface area contributed by atoms with Crippen molar-refractivity contribution < 1.29 is 0 Å². The van der Waals surface area contributed by atoms with Crippen molar-refractivity contribution in [2.75, 3.05) is 12.3 Å². The van der Waals surface area contributed by atoms with Crippen LogP contribution in [0.4, 0.5) is 0 Å². The summed E-state index contributed by atoms with van der Waals surface area (Å²) < 4.78 is 0. The summed E-state index contributed by atoms with van der Waals surface area (Å²) >= 11 is 1.76. The van der Waals surface area contributed by atoms with E-state index in [0.717, 1.165) is 22.6 Å². The smallest absolute Gasteiger partial charge is 0.0994 e. The van der Waals surface area contributed by atoms with Crippen LogP contribution in [-0.2, 0) is 5.75 Å². The highest BCUT2D eigenvalue weighted by Crippen LogP contribution is 2.15. The van der Waals surface area contributed by atoms with Crippen molar-refractivity contribution in [3.63, 3.8) is 0 Å². The Bertz CT molecular complexity index is 309. The zero-order valence-electron chi connectivity index (χ0n) is 7.77. The molecule has 1 rings (SSSR count). The minimum absolute atomic E-state index is 0. The molecule has 1 aromatic rings. The van der Waals surface area contributed by atoms with Gasteiger partial charge in [-0.05, 0) is 11.6 Å². The number of hydrogen-bond acceptors (Lipinski definition) is 3. The Morgan fingerprint density at radius 2 is 2.07 bits per heavy atom. The van der Waals surface area contributed by atoms with Gasteiger partial charge in [-0.2, -0.15) is 17.0 Å². The first-order valence-electron chi connectivity index (χ1n) is 4.14. The molecule has 0 aromatic heterocycles. The van der Waals surface area contributed by atoms with Crippen molar-refractivity contribution in [1.29, 1.82) is 5.26 Å². The fraction of sp³-hybridized carbons (Fsp3) is 0.300. The van der Waals surface area contributed by atoms with Crippen molar-refractivity contribution in [3.8, 4) is 6.07 Å². The highest BCUT2D eigenvalue weighted by Gasteiger charge is 1.99. The molecule has 0 aliphatic carbocycles. The predicted molar refractivity (Wildman–Crippen MR) is 63.6 cm³/mol. The fourth-order valence-corrected chi connectivity index (χ4v) is 1.80. The van der Waals surface area contributed by atoms with Gasteiger partial charge in [-0.1, -0.05) is 18.2 Å². The van der Waals surface area contributed by atoms with Gasteiger partial charge in [-0.15, -0.1) is 12.4 Å². The lowest BCUT2D eigenvalue weighted by Crippen LogP contribution is -2.01. The van der Waals surface area contributed by atoms with Crippen molar-refractivity contribution in [2.24, 2.45) is 5.73 Å². The van der Waals surface area contributed by atoms with E-state index in [-0.39, 0.29) is 12.4 Å². The van der Waals surface area contributed by atoms with E-state index in [9.17, 15) is 0 Å². The lowest BCUT2D eigenvalue weighted by molar-refractivity contribution is 1.15. The Balaban J connectivity index is 0.00000169. The van der Waals surface area contributed by atoms with Crippen molar-refractivity contribution in [1.82, 2.24) is 0 Å². The monoisotopic (exact) mass is 228 g/mol. The van der Waals surface area contributed by atoms with E-state index >= 15 is 0 Å². The molecule has 0 heterocycles. The van der Waals surface area contributed by atoms with E-state index in [4.69, 9.17) is 11.0 Å². The highest BCUT2D eigenvalue weighted by atomic mass is 35.5. The van der Waals surface area contributed by atoms with Crippen LogP contribution in [0, 0.1) is 11.3 Å². The van der Waals surface area contributed by atoms with Gasteiger partial charge in [-0.3, -0.25) is 0 Å². The molecule has 0 saturated carbocycles. The standard InChI is InChI=1S/C10H12N2S.ClH/c11-5-6-13-8-10-4-2-1-3-9(10)7-12;/h1-4H,5-6,8,11H2;1H. The molecule has 0 atom stereocenters. The van der Waals surface area contributed by atoms with Crippen LogP contribution in [0.1, 0.15) is 11.1 Å². The van der Waals surface area contributed by atoms with E-state index in [2.05, 4.69) is 6.07 Å². The first kappa shape index (κ1) is 13.3. The summed E-state index contributed by atoms with van der Waals surface area (Å²) in [4.78, 5) is 0. The predicted octanol–water partition coefficient (Wildman–Crippen LogP) is 2.17. The molecule has 1 aromatic carbocycles. The normalized spacial score (nSPS) is 8.86. The molecule has 2 N–H and O–H groups in total. The average molecular weight is 229 g/mol. The van der Waals surface area contributed by atoms with Gasteiger partial charge in [0.05, 0.1) is 11.6 Å². The molecular weight excluding hydrogens is 216 g/mol. The van der Waals surface area contributed by atoms with Gasteiger partial charge in [0.15, 0.2) is 0 Å². The van der Waals surface area contributed by atoms with Crippen LogP contribution in [0.3, 0.4) is 0 Å². The number of nitrogens with two attached hydrogens (primary N) is 1. The molecular formula is C10H13ClN2S. The first-order chi connectivity index (χ1) is 6.38. The molecule has 0 aliphatic rings. The minimum Gasteiger partial charge on any atom is -0.330 e. The molecule has 0 radical (unpaired) electrons. The average Bonchev–Trinajstić information content (AvgIpc) is 2.19. The van der Waals surface area contributed by atoms with Crippen LogP contribution in [0.15, 0.2) is 24.3 Å². The van der Waals surface area contributed by atoms with E-state index < -0.39 is 0 Å². The van der Waals surface area contributed by atoms with Gasteiger partial charge in [0, 0.05) is 18.1 Å². The summed E-state index contributed by atoms with van der Waals surface area (Å²) in [5.41, 5.74) is 7.25. The summed E-state index contributed by atoms with van der Waals surface area (Å²) in [5.74, 6) is 1.82. The molecule has 0 unspecified atom stereocenters. The third-order valence-electron chi connectivity index (χ3n) is 1.66. The highest BCUT2D eigenvalue weighted by molar-refractivity contribution is 7.98. The number of halogens is 1. The quantitative estimate of drug-likeness (QED) is 0.804. The third kappa shape index (κ3) is 4.01. The molecule has 0 saturated heterocycles. The molecule has 0 amide bonds. The Morgan fingerprint density at radius 3 is 2.71 bits per heavy atom. The lowest BCUT2D eigenvalue weighted by atomic mass is 10.1.